The molecule has 0 spiro atoms. The van der Waals surface area contributed by atoms with Crippen molar-refractivity contribution in [3.05, 3.63) is 11.7 Å². The molecule has 2 bridgehead atoms. The average molecular weight is 361 g/mol. The van der Waals surface area contributed by atoms with Crippen molar-refractivity contribution in [2.24, 2.45) is 11.8 Å². The van der Waals surface area contributed by atoms with Gasteiger partial charge in [-0.15, -0.1) is 24.8 Å². The predicted molar refractivity (Wildman–Crippen MR) is 76.0 cm³/mol. The van der Waals surface area contributed by atoms with Gasteiger partial charge in [-0.2, -0.15) is 18.2 Å². The van der Waals surface area contributed by atoms with Gasteiger partial charge in [0.1, 0.15) is 0 Å². The predicted octanol–water partition coefficient (Wildman–Crippen LogP) is 2.11. The van der Waals surface area contributed by atoms with Crippen LogP contribution in [0.15, 0.2) is 4.52 Å². The van der Waals surface area contributed by atoms with Crippen LogP contribution in [0.25, 0.3) is 0 Å². The Hall–Kier alpha value is -0.570. The molecule has 0 radical (unpaired) electrons. The first-order chi connectivity index (χ1) is 9.54. The van der Waals surface area contributed by atoms with Gasteiger partial charge in [-0.25, -0.2) is 0 Å². The number of hydrogen-bond donors (Lipinski definition) is 1. The number of halogens is 5. The Labute approximate surface area is 137 Å². The molecule has 3 aliphatic heterocycles. The number of aromatic nitrogens is 2. The molecule has 0 unspecified atom stereocenters. The number of nitrogens with one attached hydrogen (secondary N) is 1. The van der Waals surface area contributed by atoms with Crippen molar-refractivity contribution in [3.8, 4) is 0 Å². The van der Waals surface area contributed by atoms with Gasteiger partial charge in [0.2, 0.25) is 5.89 Å². The van der Waals surface area contributed by atoms with Crippen LogP contribution in [0.4, 0.5) is 13.2 Å². The van der Waals surface area contributed by atoms with Crippen LogP contribution in [0.3, 0.4) is 0 Å². The summed E-state index contributed by atoms with van der Waals surface area (Å²) in [6.07, 6.45) is -2.30. The molecule has 3 saturated heterocycles. The van der Waals surface area contributed by atoms with Gasteiger partial charge in [0.25, 0.3) is 5.82 Å². The Kier molecular flexibility index (Phi) is 4.97. The lowest BCUT2D eigenvalue weighted by Gasteiger charge is -2.22. The monoisotopic (exact) mass is 360 g/mol. The van der Waals surface area contributed by atoms with Crippen LogP contribution in [-0.4, -0.2) is 40.2 Å². The van der Waals surface area contributed by atoms with Crippen LogP contribution in [0.2, 0.25) is 0 Å². The molecular weight excluding hydrogens is 344 g/mol. The zero-order valence-electron chi connectivity index (χ0n) is 11.5. The second-order valence-corrected chi connectivity index (χ2v) is 5.88. The lowest BCUT2D eigenvalue weighted by molar-refractivity contribution is -0.146. The summed E-state index contributed by atoms with van der Waals surface area (Å²) >= 11 is 0. The minimum Gasteiger partial charge on any atom is -0.338 e. The quantitative estimate of drug-likeness (QED) is 0.875. The Bertz CT molecular complexity index is 509. The molecule has 0 saturated carbocycles. The summed E-state index contributed by atoms with van der Waals surface area (Å²) in [5, 5.41) is 6.43. The summed E-state index contributed by atoms with van der Waals surface area (Å²) in [5.74, 6) is 0.139. The molecule has 0 amide bonds. The Morgan fingerprint density at radius 1 is 1.14 bits per heavy atom. The van der Waals surface area contributed by atoms with Crippen molar-refractivity contribution in [2.75, 3.05) is 13.1 Å². The molecular formula is C12H17Cl2F3N4O. The average Bonchev–Trinajstić information content (AvgIpc) is 3.09. The fraction of sp³-hybridized carbons (Fsp3) is 0.833. The van der Waals surface area contributed by atoms with Crippen LogP contribution in [0, 0.1) is 11.8 Å². The molecule has 22 heavy (non-hydrogen) atoms. The van der Waals surface area contributed by atoms with Gasteiger partial charge >= 0.3 is 6.18 Å². The first-order valence-electron chi connectivity index (χ1n) is 6.90. The maximum atomic E-state index is 12.5. The van der Waals surface area contributed by atoms with E-state index >= 15 is 0 Å². The molecule has 1 N–H and O–H groups in total. The molecule has 3 aliphatic rings. The fourth-order valence-electron chi connectivity index (χ4n) is 4.23. The van der Waals surface area contributed by atoms with E-state index in [0.29, 0.717) is 30.5 Å². The molecule has 1 aromatic heterocycles. The number of rotatable bonds is 2. The minimum absolute atomic E-state index is 0. The maximum absolute atomic E-state index is 12.5. The zero-order valence-corrected chi connectivity index (χ0v) is 13.2. The summed E-state index contributed by atoms with van der Waals surface area (Å²) in [6.45, 7) is 2.37. The van der Waals surface area contributed by atoms with Gasteiger partial charge in [0, 0.05) is 12.1 Å². The van der Waals surface area contributed by atoms with Crippen molar-refractivity contribution in [2.45, 2.75) is 37.6 Å². The van der Waals surface area contributed by atoms with Gasteiger partial charge in [-0.3, -0.25) is 4.90 Å². The Morgan fingerprint density at radius 3 is 2.23 bits per heavy atom. The van der Waals surface area contributed by atoms with Crippen molar-refractivity contribution in [1.29, 1.82) is 0 Å². The smallest absolute Gasteiger partial charge is 0.338 e. The first-order valence-corrected chi connectivity index (χ1v) is 6.90. The van der Waals surface area contributed by atoms with E-state index in [4.69, 9.17) is 4.52 Å². The van der Waals surface area contributed by atoms with Crippen LogP contribution >= 0.6 is 24.8 Å². The van der Waals surface area contributed by atoms with Gasteiger partial charge in [-0.1, -0.05) is 5.16 Å². The van der Waals surface area contributed by atoms with Gasteiger partial charge in [-0.05, 0) is 37.8 Å². The number of alkyl halides is 3. The Morgan fingerprint density at radius 2 is 1.73 bits per heavy atom. The van der Waals surface area contributed by atoms with E-state index in [1.165, 1.54) is 0 Å². The van der Waals surface area contributed by atoms with E-state index in [1.54, 1.807) is 0 Å². The van der Waals surface area contributed by atoms with E-state index in [-0.39, 0.29) is 30.7 Å². The van der Waals surface area contributed by atoms with Crippen LogP contribution < -0.4 is 5.32 Å². The molecule has 4 rings (SSSR count). The summed E-state index contributed by atoms with van der Waals surface area (Å²) in [7, 11) is 0. The summed E-state index contributed by atoms with van der Waals surface area (Å²) in [4.78, 5) is 5.74. The highest BCUT2D eigenvalue weighted by Crippen LogP contribution is 2.47. The lowest BCUT2D eigenvalue weighted by Crippen LogP contribution is -2.33. The lowest BCUT2D eigenvalue weighted by atomic mass is 9.82. The van der Waals surface area contributed by atoms with Crippen LogP contribution in [0.5, 0.6) is 0 Å². The number of hydrogen-bond acceptors (Lipinski definition) is 5. The van der Waals surface area contributed by atoms with E-state index in [1.807, 2.05) is 0 Å². The van der Waals surface area contributed by atoms with Crippen molar-refractivity contribution in [1.82, 2.24) is 20.4 Å². The van der Waals surface area contributed by atoms with E-state index in [0.717, 1.165) is 25.9 Å². The standard InChI is InChI=1S/C12H15F3N4O.2ClH/c13-12(14,15)11-17-10(20-18-11)5-19-8-1-2-9(19)7-4-16-3-6(7)8;;/h6-9,16H,1-5H2;2*1H/t6-,7+,8-,9+;;. The summed E-state index contributed by atoms with van der Waals surface area (Å²) in [5.41, 5.74) is 0. The van der Waals surface area contributed by atoms with Crippen molar-refractivity contribution < 1.29 is 17.7 Å². The van der Waals surface area contributed by atoms with Crippen molar-refractivity contribution in [3.63, 3.8) is 0 Å². The largest absolute Gasteiger partial charge is 0.455 e. The summed E-state index contributed by atoms with van der Waals surface area (Å²) in [6, 6.07) is 0.891. The third-order valence-electron chi connectivity index (χ3n) is 4.95. The van der Waals surface area contributed by atoms with Gasteiger partial charge in [0.15, 0.2) is 0 Å². The van der Waals surface area contributed by atoms with Crippen molar-refractivity contribution >= 4 is 24.8 Å². The zero-order chi connectivity index (χ0) is 13.9. The molecule has 0 aromatic carbocycles. The third-order valence-corrected chi connectivity index (χ3v) is 4.95. The Balaban J connectivity index is 0.000000882. The second kappa shape index (κ2) is 6.14. The third kappa shape index (κ3) is 2.70. The van der Waals surface area contributed by atoms with Crippen LogP contribution in [0.1, 0.15) is 24.6 Å². The highest BCUT2D eigenvalue weighted by molar-refractivity contribution is 5.85. The van der Waals surface area contributed by atoms with Gasteiger partial charge < -0.3 is 9.84 Å². The highest BCUT2D eigenvalue weighted by atomic mass is 35.5. The van der Waals surface area contributed by atoms with Crippen LogP contribution in [-0.2, 0) is 12.7 Å². The van der Waals surface area contributed by atoms with E-state index in [9.17, 15) is 13.2 Å². The normalized spacial score (nSPS) is 33.4. The first kappa shape index (κ1) is 17.8. The number of fused-ring (bicyclic) bond motifs is 5. The number of nitrogens with zero attached hydrogens (tertiary/aromatic N) is 3. The minimum atomic E-state index is -4.54. The van der Waals surface area contributed by atoms with E-state index < -0.39 is 12.0 Å². The molecule has 5 nitrogen and oxygen atoms in total. The molecule has 10 heteroatoms. The fourth-order valence-corrected chi connectivity index (χ4v) is 4.23. The summed E-state index contributed by atoms with van der Waals surface area (Å²) < 4.78 is 42.1. The molecule has 126 valence electrons. The molecule has 4 heterocycles. The maximum Gasteiger partial charge on any atom is 0.455 e. The topological polar surface area (TPSA) is 54.2 Å². The molecule has 4 atom stereocenters. The molecule has 3 fully saturated rings. The second-order valence-electron chi connectivity index (χ2n) is 5.88. The highest BCUT2D eigenvalue weighted by Gasteiger charge is 2.54. The van der Waals surface area contributed by atoms with E-state index in [2.05, 4.69) is 20.4 Å². The van der Waals surface area contributed by atoms with Gasteiger partial charge in [0.05, 0.1) is 6.54 Å². The SMILES string of the molecule is Cl.Cl.FC(F)(F)c1noc(CN2[C@@H]3CC[C@H]2[C@H]2CNC[C@H]23)n1. The molecule has 0 aliphatic carbocycles. The molecule has 1 aromatic rings.